The maximum absolute atomic E-state index is 12.8. The number of hydrogen-bond donors (Lipinski definition) is 1. The maximum atomic E-state index is 12.8. The predicted molar refractivity (Wildman–Crippen MR) is 129 cm³/mol. The van der Waals surface area contributed by atoms with Gasteiger partial charge in [0, 0.05) is 10.6 Å². The van der Waals surface area contributed by atoms with Crippen molar-refractivity contribution in [1.29, 1.82) is 0 Å². The first-order valence-electron chi connectivity index (χ1n) is 10.4. The zero-order valence-electron chi connectivity index (χ0n) is 18.3. The zero-order chi connectivity index (χ0) is 24.1. The van der Waals surface area contributed by atoms with Crippen molar-refractivity contribution in [1.82, 2.24) is 4.90 Å². The van der Waals surface area contributed by atoms with Crippen LogP contribution in [0.4, 0.5) is 16.2 Å². The number of anilines is 2. The Kier molecular flexibility index (Phi) is 6.93. The van der Waals surface area contributed by atoms with Crippen molar-refractivity contribution in [2.45, 2.75) is 10.6 Å². The van der Waals surface area contributed by atoms with E-state index in [2.05, 4.69) is 5.32 Å². The number of carbonyl (C=O) groups is 4. The van der Waals surface area contributed by atoms with Crippen LogP contribution in [0.15, 0.2) is 83.8 Å². The van der Waals surface area contributed by atoms with Crippen LogP contribution in [0.5, 0.6) is 5.75 Å². The van der Waals surface area contributed by atoms with Gasteiger partial charge in [-0.15, -0.1) is 11.8 Å². The first-order chi connectivity index (χ1) is 16.5. The predicted octanol–water partition coefficient (Wildman–Crippen LogP) is 3.92. The Labute approximate surface area is 200 Å². The number of thioether (sulfide) groups is 1. The standard InChI is InChI=1S/C25H21N3O5S/c1-33-19-13-11-18(12-14-19)28-24(31)23(30)27(25(28)32)15-22(29)26-20-9-5-6-10-21(20)34-16-17-7-3-2-4-8-17/h2-14H,15-16H2,1H3,(H,26,29). The molecule has 1 saturated heterocycles. The number of benzene rings is 3. The molecule has 0 aliphatic carbocycles. The van der Waals surface area contributed by atoms with Gasteiger partial charge in [0.15, 0.2) is 0 Å². The van der Waals surface area contributed by atoms with Crippen molar-refractivity contribution < 1.29 is 23.9 Å². The van der Waals surface area contributed by atoms with E-state index < -0.39 is 30.3 Å². The van der Waals surface area contributed by atoms with Crippen LogP contribution in [0, 0.1) is 0 Å². The molecular formula is C25H21N3O5S. The van der Waals surface area contributed by atoms with Gasteiger partial charge < -0.3 is 10.1 Å². The SMILES string of the molecule is COc1ccc(N2C(=O)C(=O)N(CC(=O)Nc3ccccc3SCc3ccccc3)C2=O)cc1. The van der Waals surface area contributed by atoms with Gasteiger partial charge in [-0.1, -0.05) is 42.5 Å². The fourth-order valence-electron chi connectivity index (χ4n) is 3.37. The minimum absolute atomic E-state index is 0.217. The van der Waals surface area contributed by atoms with Gasteiger partial charge in [0.1, 0.15) is 12.3 Å². The van der Waals surface area contributed by atoms with E-state index in [0.29, 0.717) is 22.1 Å². The van der Waals surface area contributed by atoms with Crippen LogP contribution in [-0.2, 0) is 20.1 Å². The van der Waals surface area contributed by atoms with Gasteiger partial charge >= 0.3 is 17.8 Å². The number of methoxy groups -OCH3 is 1. The molecule has 9 heteroatoms. The molecule has 1 fully saturated rings. The first kappa shape index (κ1) is 23.1. The smallest absolute Gasteiger partial charge is 0.339 e. The number of para-hydroxylation sites is 1. The molecule has 0 saturated carbocycles. The number of hydrogen-bond acceptors (Lipinski definition) is 6. The quantitative estimate of drug-likeness (QED) is 0.301. The molecule has 1 aliphatic heterocycles. The van der Waals surface area contributed by atoms with Crippen LogP contribution in [0.2, 0.25) is 0 Å². The molecule has 3 aromatic rings. The van der Waals surface area contributed by atoms with Crippen LogP contribution in [-0.4, -0.2) is 42.3 Å². The Hall–Kier alpha value is -4.11. The number of nitrogens with one attached hydrogen (secondary N) is 1. The van der Waals surface area contributed by atoms with Crippen molar-refractivity contribution in [2.24, 2.45) is 0 Å². The summed E-state index contributed by atoms with van der Waals surface area (Å²) in [5.41, 5.74) is 1.92. The van der Waals surface area contributed by atoms with Gasteiger partial charge in [-0.25, -0.2) is 14.6 Å². The summed E-state index contributed by atoms with van der Waals surface area (Å²) in [7, 11) is 1.49. The van der Waals surface area contributed by atoms with E-state index in [0.717, 1.165) is 15.4 Å². The molecule has 0 atom stereocenters. The third-order valence-electron chi connectivity index (χ3n) is 5.08. The van der Waals surface area contributed by atoms with Crippen molar-refractivity contribution in [3.8, 4) is 5.75 Å². The Morgan fingerprint density at radius 3 is 2.26 bits per heavy atom. The van der Waals surface area contributed by atoms with Gasteiger partial charge in [0.25, 0.3) is 0 Å². The highest BCUT2D eigenvalue weighted by Gasteiger charge is 2.46. The van der Waals surface area contributed by atoms with E-state index in [4.69, 9.17) is 4.74 Å². The largest absolute Gasteiger partial charge is 0.497 e. The van der Waals surface area contributed by atoms with Crippen LogP contribution >= 0.6 is 11.8 Å². The molecule has 3 aromatic carbocycles. The number of imide groups is 2. The molecule has 5 amide bonds. The minimum Gasteiger partial charge on any atom is -0.497 e. The first-order valence-corrected chi connectivity index (χ1v) is 11.4. The van der Waals surface area contributed by atoms with Gasteiger partial charge in [-0.2, -0.15) is 0 Å². The lowest BCUT2D eigenvalue weighted by Gasteiger charge is -2.16. The highest BCUT2D eigenvalue weighted by molar-refractivity contribution is 7.98. The molecule has 1 heterocycles. The molecule has 8 nitrogen and oxygen atoms in total. The van der Waals surface area contributed by atoms with E-state index in [9.17, 15) is 19.2 Å². The summed E-state index contributed by atoms with van der Waals surface area (Å²) in [6.07, 6.45) is 0. The van der Waals surface area contributed by atoms with Gasteiger partial charge in [0.05, 0.1) is 18.5 Å². The molecule has 4 rings (SSSR count). The number of ether oxygens (including phenoxy) is 1. The molecule has 0 aromatic heterocycles. The van der Waals surface area contributed by atoms with Crippen molar-refractivity contribution in [3.05, 3.63) is 84.4 Å². The highest BCUT2D eigenvalue weighted by Crippen LogP contribution is 2.30. The average molecular weight is 476 g/mol. The molecule has 0 bridgehead atoms. The molecule has 172 valence electrons. The molecule has 34 heavy (non-hydrogen) atoms. The average Bonchev–Trinajstić information content (AvgIpc) is 3.07. The van der Waals surface area contributed by atoms with Gasteiger partial charge in [-0.05, 0) is 42.0 Å². The second-order valence-electron chi connectivity index (χ2n) is 7.33. The van der Waals surface area contributed by atoms with E-state index in [-0.39, 0.29) is 5.69 Å². The molecular weight excluding hydrogens is 454 g/mol. The Morgan fingerprint density at radius 2 is 1.56 bits per heavy atom. The summed E-state index contributed by atoms with van der Waals surface area (Å²) < 4.78 is 5.07. The van der Waals surface area contributed by atoms with Crippen molar-refractivity contribution in [3.63, 3.8) is 0 Å². The third kappa shape index (κ3) is 4.94. The van der Waals surface area contributed by atoms with E-state index in [1.54, 1.807) is 36.0 Å². The fourth-order valence-corrected chi connectivity index (χ4v) is 4.33. The van der Waals surface area contributed by atoms with Crippen molar-refractivity contribution >= 4 is 46.9 Å². The number of rotatable bonds is 8. The summed E-state index contributed by atoms with van der Waals surface area (Å²) in [6.45, 7) is -0.576. The molecule has 0 unspecified atom stereocenters. The normalized spacial score (nSPS) is 13.4. The second kappa shape index (κ2) is 10.2. The summed E-state index contributed by atoms with van der Waals surface area (Å²) in [6, 6.07) is 22.4. The van der Waals surface area contributed by atoms with E-state index in [1.165, 1.54) is 19.2 Å². The van der Waals surface area contributed by atoms with Crippen LogP contribution in [0.1, 0.15) is 5.56 Å². The van der Waals surface area contributed by atoms with E-state index >= 15 is 0 Å². The minimum atomic E-state index is -1.05. The lowest BCUT2D eigenvalue weighted by Crippen LogP contribution is -2.39. The lowest BCUT2D eigenvalue weighted by atomic mass is 10.2. The van der Waals surface area contributed by atoms with Crippen LogP contribution < -0.4 is 15.0 Å². The fraction of sp³-hybridized carbons (Fsp3) is 0.120. The van der Waals surface area contributed by atoms with Crippen molar-refractivity contribution in [2.75, 3.05) is 23.9 Å². The molecule has 0 spiro atoms. The molecule has 1 N–H and O–H groups in total. The molecule has 0 radical (unpaired) electrons. The molecule has 1 aliphatic rings. The zero-order valence-corrected chi connectivity index (χ0v) is 19.1. The Bertz CT molecular complexity index is 1230. The van der Waals surface area contributed by atoms with Gasteiger partial charge in [-0.3, -0.25) is 14.4 Å². The van der Waals surface area contributed by atoms with Crippen LogP contribution in [0.3, 0.4) is 0 Å². The monoisotopic (exact) mass is 475 g/mol. The number of carbonyl (C=O) groups excluding carboxylic acids is 4. The van der Waals surface area contributed by atoms with Gasteiger partial charge in [0.2, 0.25) is 5.91 Å². The topological polar surface area (TPSA) is 96.0 Å². The number of urea groups is 1. The summed E-state index contributed by atoms with van der Waals surface area (Å²) in [5.74, 6) is -1.40. The number of amides is 5. The second-order valence-corrected chi connectivity index (χ2v) is 8.35. The Morgan fingerprint density at radius 1 is 0.882 bits per heavy atom. The third-order valence-corrected chi connectivity index (χ3v) is 6.23. The summed E-state index contributed by atoms with van der Waals surface area (Å²) in [4.78, 5) is 52.6. The number of nitrogens with zero attached hydrogens (tertiary/aromatic N) is 2. The van der Waals surface area contributed by atoms with E-state index in [1.807, 2.05) is 42.5 Å². The highest BCUT2D eigenvalue weighted by atomic mass is 32.2. The Balaban J connectivity index is 1.43. The summed E-state index contributed by atoms with van der Waals surface area (Å²) >= 11 is 1.55. The lowest BCUT2D eigenvalue weighted by molar-refractivity contribution is -0.140. The van der Waals surface area contributed by atoms with Crippen LogP contribution in [0.25, 0.3) is 0 Å². The summed E-state index contributed by atoms with van der Waals surface area (Å²) in [5, 5.41) is 2.75. The maximum Gasteiger partial charge on any atom is 0.339 e.